The Morgan fingerprint density at radius 1 is 1.07 bits per heavy atom. The number of rotatable bonds is 8. The number of ether oxygens (including phenoxy) is 1. The van der Waals surface area contributed by atoms with Crippen LogP contribution in [0.2, 0.25) is 0 Å². The van der Waals surface area contributed by atoms with Crippen molar-refractivity contribution in [1.82, 2.24) is 10.2 Å². The van der Waals surface area contributed by atoms with Crippen molar-refractivity contribution in [1.29, 1.82) is 0 Å². The van der Waals surface area contributed by atoms with Crippen molar-refractivity contribution >= 4 is 5.97 Å². The van der Waals surface area contributed by atoms with Crippen LogP contribution in [0.25, 0.3) is 0 Å². The first-order valence-corrected chi connectivity index (χ1v) is 11.0. The van der Waals surface area contributed by atoms with Crippen molar-refractivity contribution in [3.05, 3.63) is 71.3 Å². The lowest BCUT2D eigenvalue weighted by Crippen LogP contribution is -2.37. The molecule has 2 fully saturated rings. The number of likely N-dealkylation sites (tertiary alicyclic amines) is 1. The van der Waals surface area contributed by atoms with Crippen molar-refractivity contribution in [3.63, 3.8) is 0 Å². The molecule has 0 bridgehead atoms. The smallest absolute Gasteiger partial charge is 0.338 e. The molecule has 1 aliphatic heterocycles. The molecule has 1 aliphatic carbocycles. The summed E-state index contributed by atoms with van der Waals surface area (Å²) in [5.41, 5.74) is 3.38. The fourth-order valence-corrected chi connectivity index (χ4v) is 4.37. The van der Waals surface area contributed by atoms with Crippen molar-refractivity contribution in [2.45, 2.75) is 44.7 Å². The molecular weight excluding hydrogens is 360 g/mol. The van der Waals surface area contributed by atoms with Gasteiger partial charge in [0.1, 0.15) is 0 Å². The highest BCUT2D eigenvalue weighted by Gasteiger charge is 2.38. The Morgan fingerprint density at radius 3 is 2.48 bits per heavy atom. The second-order valence-corrected chi connectivity index (χ2v) is 8.40. The van der Waals surface area contributed by atoms with Crippen LogP contribution < -0.4 is 5.32 Å². The standard InChI is InChI=1S/C25H32N2O2/c1-2-29-25(28)22-10-8-20(9-11-22)18-27-14-12-19(13-15-27)17-26-24-16-23(24)21-6-4-3-5-7-21/h3-11,19,23-24,26H,2,12-18H2,1H3/t23-,24+/m0/s1. The molecule has 1 heterocycles. The van der Waals surface area contributed by atoms with E-state index >= 15 is 0 Å². The van der Waals surface area contributed by atoms with E-state index in [-0.39, 0.29) is 5.97 Å². The lowest BCUT2D eigenvalue weighted by molar-refractivity contribution is 0.0526. The Hall–Kier alpha value is -2.17. The van der Waals surface area contributed by atoms with Crippen LogP contribution in [0.1, 0.15) is 53.6 Å². The molecule has 2 aromatic carbocycles. The quantitative estimate of drug-likeness (QED) is 0.683. The number of benzene rings is 2. The van der Waals surface area contributed by atoms with Crippen LogP contribution in [0, 0.1) is 5.92 Å². The molecule has 0 spiro atoms. The van der Waals surface area contributed by atoms with E-state index < -0.39 is 0 Å². The lowest BCUT2D eigenvalue weighted by Gasteiger charge is -2.32. The highest BCUT2D eigenvalue weighted by Crippen LogP contribution is 2.40. The molecule has 1 saturated carbocycles. The molecule has 4 heteroatoms. The zero-order valence-corrected chi connectivity index (χ0v) is 17.3. The fraction of sp³-hybridized carbons (Fsp3) is 0.480. The molecule has 2 aliphatic rings. The van der Waals surface area contributed by atoms with Crippen LogP contribution in [-0.2, 0) is 11.3 Å². The average Bonchev–Trinajstić information content (AvgIpc) is 3.54. The Balaban J connectivity index is 1.16. The molecule has 154 valence electrons. The van der Waals surface area contributed by atoms with E-state index in [4.69, 9.17) is 4.74 Å². The minimum Gasteiger partial charge on any atom is -0.462 e. The summed E-state index contributed by atoms with van der Waals surface area (Å²) in [6.45, 7) is 6.66. The van der Waals surface area contributed by atoms with E-state index in [0.29, 0.717) is 24.1 Å². The van der Waals surface area contributed by atoms with Gasteiger partial charge >= 0.3 is 5.97 Å². The van der Waals surface area contributed by atoms with Gasteiger partial charge in [0.25, 0.3) is 0 Å². The summed E-state index contributed by atoms with van der Waals surface area (Å²) in [5.74, 6) is 1.26. The van der Waals surface area contributed by atoms with Crippen LogP contribution in [0.15, 0.2) is 54.6 Å². The molecule has 1 saturated heterocycles. The van der Waals surface area contributed by atoms with Gasteiger partial charge in [-0.3, -0.25) is 4.90 Å². The maximum absolute atomic E-state index is 11.8. The van der Waals surface area contributed by atoms with Gasteiger partial charge in [0.05, 0.1) is 12.2 Å². The first-order valence-electron chi connectivity index (χ1n) is 11.0. The van der Waals surface area contributed by atoms with Crippen molar-refractivity contribution in [2.24, 2.45) is 5.92 Å². The monoisotopic (exact) mass is 392 g/mol. The van der Waals surface area contributed by atoms with Gasteiger partial charge in [-0.15, -0.1) is 0 Å². The number of hydrogen-bond donors (Lipinski definition) is 1. The van der Waals surface area contributed by atoms with E-state index in [1.54, 1.807) is 0 Å². The van der Waals surface area contributed by atoms with Gasteiger partial charge in [0.15, 0.2) is 0 Å². The van der Waals surface area contributed by atoms with Gasteiger partial charge in [0.2, 0.25) is 0 Å². The predicted molar refractivity (Wildman–Crippen MR) is 116 cm³/mol. The van der Waals surface area contributed by atoms with Crippen LogP contribution in [0.5, 0.6) is 0 Å². The Labute approximate surface area is 174 Å². The third-order valence-corrected chi connectivity index (χ3v) is 6.27. The van der Waals surface area contributed by atoms with Crippen LogP contribution in [0.4, 0.5) is 0 Å². The predicted octanol–water partition coefficient (Wildman–Crippen LogP) is 4.22. The van der Waals surface area contributed by atoms with Gasteiger partial charge in [0, 0.05) is 18.5 Å². The van der Waals surface area contributed by atoms with Gasteiger partial charge in [-0.2, -0.15) is 0 Å². The van der Waals surface area contributed by atoms with Crippen LogP contribution >= 0.6 is 0 Å². The van der Waals surface area contributed by atoms with E-state index in [0.717, 1.165) is 32.1 Å². The topological polar surface area (TPSA) is 41.6 Å². The Kier molecular flexibility index (Phi) is 6.63. The van der Waals surface area contributed by atoms with Gasteiger partial charge in [-0.05, 0) is 75.0 Å². The summed E-state index contributed by atoms with van der Waals surface area (Å²) in [4.78, 5) is 14.3. The Bertz CT molecular complexity index is 782. The molecular formula is C25H32N2O2. The van der Waals surface area contributed by atoms with Gasteiger partial charge in [-0.25, -0.2) is 4.79 Å². The number of hydrogen-bond acceptors (Lipinski definition) is 4. The van der Waals surface area contributed by atoms with E-state index in [9.17, 15) is 4.79 Å². The second kappa shape index (κ2) is 9.55. The summed E-state index contributed by atoms with van der Waals surface area (Å²) in [6.07, 6.45) is 3.80. The summed E-state index contributed by atoms with van der Waals surface area (Å²) >= 11 is 0. The number of carbonyl (C=O) groups excluding carboxylic acids is 1. The molecule has 2 atom stereocenters. The third-order valence-electron chi connectivity index (χ3n) is 6.27. The summed E-state index contributed by atoms with van der Waals surface area (Å²) in [5, 5.41) is 3.80. The van der Waals surface area contributed by atoms with Crippen LogP contribution in [0.3, 0.4) is 0 Å². The van der Waals surface area contributed by atoms with Crippen molar-refractivity contribution in [3.8, 4) is 0 Å². The van der Waals surface area contributed by atoms with E-state index in [2.05, 4.69) is 52.7 Å². The first-order chi connectivity index (χ1) is 14.2. The van der Waals surface area contributed by atoms with Gasteiger partial charge < -0.3 is 10.1 Å². The van der Waals surface area contributed by atoms with Crippen molar-refractivity contribution in [2.75, 3.05) is 26.2 Å². The molecule has 4 nitrogen and oxygen atoms in total. The zero-order chi connectivity index (χ0) is 20.1. The van der Waals surface area contributed by atoms with Gasteiger partial charge in [-0.1, -0.05) is 42.5 Å². The molecule has 2 aromatic rings. The molecule has 0 amide bonds. The minimum atomic E-state index is -0.238. The summed E-state index contributed by atoms with van der Waals surface area (Å²) in [7, 11) is 0. The SMILES string of the molecule is CCOC(=O)c1ccc(CN2CCC(CN[C@@H]3C[C@H]3c3ccccc3)CC2)cc1. The molecule has 1 N–H and O–H groups in total. The van der Waals surface area contributed by atoms with Crippen molar-refractivity contribution < 1.29 is 9.53 Å². The lowest BCUT2D eigenvalue weighted by atomic mass is 9.96. The number of carbonyl (C=O) groups is 1. The fourth-order valence-electron chi connectivity index (χ4n) is 4.37. The number of esters is 1. The largest absolute Gasteiger partial charge is 0.462 e. The maximum Gasteiger partial charge on any atom is 0.338 e. The molecule has 0 aromatic heterocycles. The molecule has 29 heavy (non-hydrogen) atoms. The highest BCUT2D eigenvalue weighted by atomic mass is 16.5. The maximum atomic E-state index is 11.8. The Morgan fingerprint density at radius 2 is 1.79 bits per heavy atom. The minimum absolute atomic E-state index is 0.238. The second-order valence-electron chi connectivity index (χ2n) is 8.40. The summed E-state index contributed by atoms with van der Waals surface area (Å²) < 4.78 is 5.05. The highest BCUT2D eigenvalue weighted by molar-refractivity contribution is 5.89. The number of nitrogens with zero attached hydrogens (tertiary/aromatic N) is 1. The van der Waals surface area contributed by atoms with Crippen LogP contribution in [-0.4, -0.2) is 43.2 Å². The molecule has 4 rings (SSSR count). The van der Waals surface area contributed by atoms with E-state index in [1.165, 1.54) is 30.4 Å². The summed E-state index contributed by atoms with van der Waals surface area (Å²) in [6, 6.07) is 19.4. The number of piperidine rings is 1. The molecule has 0 radical (unpaired) electrons. The number of nitrogens with one attached hydrogen (secondary N) is 1. The third kappa shape index (κ3) is 5.46. The first kappa shape index (κ1) is 20.1. The van der Waals surface area contributed by atoms with E-state index in [1.807, 2.05) is 19.1 Å². The average molecular weight is 393 g/mol. The zero-order valence-electron chi connectivity index (χ0n) is 17.3. The molecule has 0 unspecified atom stereocenters. The normalized spacial score (nSPS) is 22.4.